The van der Waals surface area contributed by atoms with Gasteiger partial charge in [-0.15, -0.1) is 0 Å². The summed E-state index contributed by atoms with van der Waals surface area (Å²) in [6, 6.07) is 3.87. The second-order valence-electron chi connectivity index (χ2n) is 7.62. The zero-order valence-corrected chi connectivity index (χ0v) is 17.7. The van der Waals surface area contributed by atoms with Crippen LogP contribution in [0, 0.1) is 0 Å². The number of carbonyl (C=O) groups is 1. The zero-order valence-electron chi connectivity index (χ0n) is 16.7. The largest absolute Gasteiger partial charge is 0.358 e. The van der Waals surface area contributed by atoms with Gasteiger partial charge in [0.25, 0.3) is 5.91 Å². The molecule has 0 bridgehead atoms. The molecule has 0 spiro atoms. The van der Waals surface area contributed by atoms with Crippen LogP contribution in [-0.4, -0.2) is 42.6 Å². The van der Waals surface area contributed by atoms with Gasteiger partial charge in [-0.3, -0.25) is 9.63 Å². The predicted molar refractivity (Wildman–Crippen MR) is 105 cm³/mol. The molecule has 0 aromatic carbocycles. The van der Waals surface area contributed by atoms with E-state index in [1.165, 1.54) is 12.2 Å². The molecule has 2 aromatic rings. The van der Waals surface area contributed by atoms with E-state index in [0.29, 0.717) is 22.2 Å². The molecule has 6 heteroatoms. The molecule has 0 fully saturated rings. The molecule has 0 N–H and O–H groups in total. The van der Waals surface area contributed by atoms with Crippen LogP contribution in [0.25, 0.3) is 11.0 Å². The maximum absolute atomic E-state index is 12.8. The monoisotopic (exact) mass is 361 g/mol. The summed E-state index contributed by atoms with van der Waals surface area (Å²) in [7, 11) is 1.15. The Morgan fingerprint density at radius 1 is 1.16 bits per heavy atom. The van der Waals surface area contributed by atoms with E-state index in [9.17, 15) is 4.79 Å². The van der Waals surface area contributed by atoms with Crippen LogP contribution >= 0.6 is 0 Å². The van der Waals surface area contributed by atoms with Gasteiger partial charge in [0.05, 0.1) is 12.7 Å². The van der Waals surface area contributed by atoms with Crippen molar-refractivity contribution in [3.8, 4) is 0 Å². The lowest BCUT2D eigenvalue weighted by Gasteiger charge is -2.44. The van der Waals surface area contributed by atoms with Gasteiger partial charge in [0, 0.05) is 24.8 Å². The average molecular weight is 362 g/mol. The summed E-state index contributed by atoms with van der Waals surface area (Å²) in [6.07, 6.45) is 3.84. The molecule has 2 rings (SSSR count). The van der Waals surface area contributed by atoms with Gasteiger partial charge in [0.1, 0.15) is 5.65 Å². The van der Waals surface area contributed by atoms with Crippen LogP contribution in [0.2, 0.25) is 16.6 Å². The van der Waals surface area contributed by atoms with Crippen molar-refractivity contribution in [1.82, 2.24) is 14.3 Å². The van der Waals surface area contributed by atoms with E-state index >= 15 is 0 Å². The van der Waals surface area contributed by atoms with Crippen LogP contribution in [0.1, 0.15) is 51.9 Å². The summed E-state index contributed by atoms with van der Waals surface area (Å²) in [4.78, 5) is 22.6. The van der Waals surface area contributed by atoms with Gasteiger partial charge < -0.3 is 4.23 Å². The molecule has 0 saturated heterocycles. The molecule has 0 radical (unpaired) electrons. The lowest BCUT2D eigenvalue weighted by molar-refractivity contribution is -0.0755. The maximum atomic E-state index is 12.8. The maximum Gasteiger partial charge on any atom is 0.279 e. The topological polar surface area (TPSA) is 47.4 Å². The molecule has 25 heavy (non-hydrogen) atoms. The Bertz CT molecular complexity index is 730. The fraction of sp³-hybridized carbons (Fsp3) is 0.579. The molecule has 0 aliphatic rings. The van der Waals surface area contributed by atoms with E-state index in [1.54, 1.807) is 7.05 Å². The number of hydroxylamine groups is 2. The van der Waals surface area contributed by atoms with E-state index < -0.39 is 8.24 Å². The van der Waals surface area contributed by atoms with Crippen LogP contribution in [0.4, 0.5) is 0 Å². The fourth-order valence-electron chi connectivity index (χ4n) is 4.61. The number of aromatic nitrogens is 2. The van der Waals surface area contributed by atoms with Crippen molar-refractivity contribution in [2.45, 2.75) is 58.2 Å². The SMILES string of the molecule is CON(C)C(=O)c1cn([Si](C(C)C)(C(C)C)C(C)C)c2ncccc12. The van der Waals surface area contributed by atoms with Crippen molar-refractivity contribution in [3.63, 3.8) is 0 Å². The number of rotatable bonds is 6. The molecule has 0 atom stereocenters. The molecule has 0 saturated carbocycles. The lowest BCUT2D eigenvalue weighted by atomic mass is 10.2. The van der Waals surface area contributed by atoms with Crippen LogP contribution in [-0.2, 0) is 4.84 Å². The van der Waals surface area contributed by atoms with Crippen LogP contribution in [0.3, 0.4) is 0 Å². The first-order valence-corrected chi connectivity index (χ1v) is 11.2. The molecule has 5 nitrogen and oxygen atoms in total. The van der Waals surface area contributed by atoms with Crippen molar-refractivity contribution in [2.24, 2.45) is 0 Å². The molecular formula is C19H31N3O2Si. The highest BCUT2D eigenvalue weighted by Crippen LogP contribution is 2.44. The molecule has 1 amide bonds. The number of hydrogen-bond donors (Lipinski definition) is 0. The van der Waals surface area contributed by atoms with E-state index in [2.05, 4.69) is 50.8 Å². The highest BCUT2D eigenvalue weighted by Gasteiger charge is 2.46. The van der Waals surface area contributed by atoms with Gasteiger partial charge >= 0.3 is 0 Å². The third kappa shape index (κ3) is 3.02. The van der Waals surface area contributed by atoms with Crippen LogP contribution in [0.15, 0.2) is 24.5 Å². The van der Waals surface area contributed by atoms with Crippen molar-refractivity contribution < 1.29 is 9.63 Å². The first-order valence-electron chi connectivity index (χ1n) is 8.98. The smallest absolute Gasteiger partial charge is 0.279 e. The minimum Gasteiger partial charge on any atom is -0.358 e. The Hall–Kier alpha value is -1.66. The number of carbonyl (C=O) groups excluding carboxylic acids is 1. The highest BCUT2D eigenvalue weighted by atomic mass is 28.3. The number of hydrogen-bond acceptors (Lipinski definition) is 3. The van der Waals surface area contributed by atoms with Crippen LogP contribution in [0.5, 0.6) is 0 Å². The number of nitrogens with zero attached hydrogens (tertiary/aromatic N) is 3. The summed E-state index contributed by atoms with van der Waals surface area (Å²) in [5, 5.41) is 2.17. The first-order chi connectivity index (χ1) is 11.7. The third-order valence-corrected chi connectivity index (χ3v) is 12.3. The number of pyridine rings is 1. The summed E-state index contributed by atoms with van der Waals surface area (Å²) < 4.78 is 2.37. The summed E-state index contributed by atoms with van der Waals surface area (Å²) in [6.45, 7) is 13.9. The number of amides is 1. The summed E-state index contributed by atoms with van der Waals surface area (Å²) >= 11 is 0. The first kappa shape index (κ1) is 19.7. The summed E-state index contributed by atoms with van der Waals surface area (Å²) in [5.41, 5.74) is 3.14. The normalized spacial score (nSPS) is 12.6. The van der Waals surface area contributed by atoms with Crippen molar-refractivity contribution >= 4 is 25.2 Å². The third-order valence-electron chi connectivity index (χ3n) is 5.55. The van der Waals surface area contributed by atoms with Gasteiger partial charge in [-0.1, -0.05) is 41.5 Å². The molecule has 0 aliphatic heterocycles. The van der Waals surface area contributed by atoms with E-state index in [0.717, 1.165) is 11.0 Å². The average Bonchev–Trinajstić information content (AvgIpc) is 2.93. The standard InChI is InChI=1S/C19H31N3O2Si/c1-13(2)25(14(3)4,15(5)6)22-12-17(19(23)21(7)24-8)16-10-9-11-20-18(16)22/h9-15H,1-8H3. The second-order valence-corrected chi connectivity index (χ2v) is 13.3. The minimum absolute atomic E-state index is 0.140. The Labute approximate surface area is 152 Å². The molecule has 2 aromatic heterocycles. The minimum atomic E-state index is -2.00. The molecule has 138 valence electrons. The van der Waals surface area contributed by atoms with Crippen molar-refractivity contribution in [3.05, 3.63) is 30.1 Å². The van der Waals surface area contributed by atoms with Gasteiger partial charge in [-0.05, 0) is 28.8 Å². The van der Waals surface area contributed by atoms with E-state index in [4.69, 9.17) is 4.84 Å². The lowest BCUT2D eigenvalue weighted by Crippen LogP contribution is -2.51. The molecule has 2 heterocycles. The quantitative estimate of drug-likeness (QED) is 0.554. The predicted octanol–water partition coefficient (Wildman–Crippen LogP) is 4.69. The molecule has 0 aliphatic carbocycles. The van der Waals surface area contributed by atoms with Crippen molar-refractivity contribution in [2.75, 3.05) is 14.2 Å². The Kier molecular flexibility index (Phi) is 5.74. The zero-order chi connectivity index (χ0) is 18.9. The Balaban J connectivity index is 2.84. The second kappa shape index (κ2) is 7.29. The summed E-state index contributed by atoms with van der Waals surface area (Å²) in [5.74, 6) is -0.140. The van der Waals surface area contributed by atoms with Gasteiger partial charge in [0.15, 0.2) is 8.24 Å². The Morgan fingerprint density at radius 2 is 1.72 bits per heavy atom. The molecule has 0 unspecified atom stereocenters. The highest BCUT2D eigenvalue weighted by molar-refractivity contribution is 6.82. The van der Waals surface area contributed by atoms with E-state index in [-0.39, 0.29) is 5.91 Å². The van der Waals surface area contributed by atoms with E-state index in [1.807, 2.05) is 24.5 Å². The van der Waals surface area contributed by atoms with Gasteiger partial charge in [-0.25, -0.2) is 10.0 Å². The number of fused-ring (bicyclic) bond motifs is 1. The molecular weight excluding hydrogens is 330 g/mol. The van der Waals surface area contributed by atoms with Crippen LogP contribution < -0.4 is 0 Å². The van der Waals surface area contributed by atoms with Gasteiger partial charge in [0.2, 0.25) is 0 Å². The van der Waals surface area contributed by atoms with Gasteiger partial charge in [-0.2, -0.15) is 0 Å². The van der Waals surface area contributed by atoms with Crippen molar-refractivity contribution in [1.29, 1.82) is 0 Å². The fourth-order valence-corrected chi connectivity index (χ4v) is 11.2. The Morgan fingerprint density at radius 3 is 2.20 bits per heavy atom.